The standard InChI is InChI=1S/C14H27NO2/c1-11(8-9-14(2,15)13(16)17)10-12-6-4-3-5-7-12/h11-12H,3-10,15H2,1-2H3,(H,16,17). The molecule has 3 N–H and O–H groups in total. The monoisotopic (exact) mass is 241 g/mol. The third-order valence-corrected chi connectivity index (χ3v) is 4.11. The summed E-state index contributed by atoms with van der Waals surface area (Å²) in [5, 5.41) is 8.95. The molecule has 0 heterocycles. The molecular formula is C14H27NO2. The summed E-state index contributed by atoms with van der Waals surface area (Å²) in [6.07, 6.45) is 9.63. The Morgan fingerprint density at radius 2 is 2.00 bits per heavy atom. The summed E-state index contributed by atoms with van der Waals surface area (Å²) in [5.74, 6) is 0.579. The van der Waals surface area contributed by atoms with Crippen LogP contribution in [0.25, 0.3) is 0 Å². The van der Waals surface area contributed by atoms with Crippen molar-refractivity contribution in [1.82, 2.24) is 0 Å². The van der Waals surface area contributed by atoms with E-state index in [0.717, 1.165) is 12.3 Å². The molecule has 1 aliphatic rings. The van der Waals surface area contributed by atoms with Gasteiger partial charge in [-0.05, 0) is 38.0 Å². The zero-order chi connectivity index (χ0) is 12.9. The number of carboxylic acid groups (broad SMARTS) is 1. The van der Waals surface area contributed by atoms with Crippen molar-refractivity contribution < 1.29 is 9.90 Å². The van der Waals surface area contributed by atoms with E-state index in [9.17, 15) is 4.79 Å². The van der Waals surface area contributed by atoms with Crippen molar-refractivity contribution in [2.45, 2.75) is 70.8 Å². The van der Waals surface area contributed by atoms with Gasteiger partial charge in [-0.3, -0.25) is 4.79 Å². The summed E-state index contributed by atoms with van der Waals surface area (Å²) in [6, 6.07) is 0. The van der Waals surface area contributed by atoms with Crippen LogP contribution in [0.15, 0.2) is 0 Å². The molecule has 3 heteroatoms. The molecule has 1 saturated carbocycles. The van der Waals surface area contributed by atoms with E-state index in [1.54, 1.807) is 6.92 Å². The largest absolute Gasteiger partial charge is 0.480 e. The highest BCUT2D eigenvalue weighted by atomic mass is 16.4. The lowest BCUT2D eigenvalue weighted by molar-refractivity contribution is -0.143. The van der Waals surface area contributed by atoms with E-state index < -0.39 is 11.5 Å². The predicted octanol–water partition coefficient (Wildman–Crippen LogP) is 3.18. The second kappa shape index (κ2) is 6.39. The molecule has 17 heavy (non-hydrogen) atoms. The zero-order valence-electron chi connectivity index (χ0n) is 11.2. The molecule has 1 aliphatic carbocycles. The van der Waals surface area contributed by atoms with Crippen LogP contribution in [0, 0.1) is 11.8 Å². The Hall–Kier alpha value is -0.570. The van der Waals surface area contributed by atoms with Gasteiger partial charge in [0.15, 0.2) is 0 Å². The van der Waals surface area contributed by atoms with Crippen molar-refractivity contribution in [2.24, 2.45) is 17.6 Å². The molecule has 0 spiro atoms. The average molecular weight is 241 g/mol. The summed E-state index contributed by atoms with van der Waals surface area (Å²) in [6.45, 7) is 3.84. The fourth-order valence-electron chi connectivity index (χ4n) is 2.76. The van der Waals surface area contributed by atoms with Crippen molar-refractivity contribution in [3.05, 3.63) is 0 Å². The summed E-state index contributed by atoms with van der Waals surface area (Å²) in [5.41, 5.74) is 4.69. The van der Waals surface area contributed by atoms with Crippen LogP contribution in [-0.2, 0) is 4.79 Å². The third-order valence-electron chi connectivity index (χ3n) is 4.11. The summed E-state index contributed by atoms with van der Waals surface area (Å²) < 4.78 is 0. The smallest absolute Gasteiger partial charge is 0.323 e. The first-order chi connectivity index (χ1) is 7.92. The van der Waals surface area contributed by atoms with Gasteiger partial charge in [-0.2, -0.15) is 0 Å². The Morgan fingerprint density at radius 3 is 2.53 bits per heavy atom. The highest BCUT2D eigenvalue weighted by Crippen LogP contribution is 2.30. The SMILES string of the molecule is CC(CCC(C)(N)C(=O)O)CC1CCCCC1. The molecule has 100 valence electrons. The van der Waals surface area contributed by atoms with E-state index in [-0.39, 0.29) is 0 Å². The second-order valence-corrected chi connectivity index (χ2v) is 6.11. The van der Waals surface area contributed by atoms with Crippen LogP contribution in [0.1, 0.15) is 65.2 Å². The highest BCUT2D eigenvalue weighted by molar-refractivity contribution is 5.77. The van der Waals surface area contributed by atoms with Gasteiger partial charge in [0.25, 0.3) is 0 Å². The summed E-state index contributed by atoms with van der Waals surface area (Å²) in [4.78, 5) is 10.9. The van der Waals surface area contributed by atoms with Gasteiger partial charge in [-0.1, -0.05) is 39.0 Å². The molecule has 0 aromatic heterocycles. The molecule has 3 nitrogen and oxygen atoms in total. The summed E-state index contributed by atoms with van der Waals surface area (Å²) in [7, 11) is 0. The maximum atomic E-state index is 10.9. The number of carboxylic acids is 1. The maximum absolute atomic E-state index is 10.9. The van der Waals surface area contributed by atoms with Gasteiger partial charge >= 0.3 is 5.97 Å². The van der Waals surface area contributed by atoms with Crippen molar-refractivity contribution in [3.8, 4) is 0 Å². The molecule has 1 fully saturated rings. The number of carbonyl (C=O) groups is 1. The van der Waals surface area contributed by atoms with Crippen LogP contribution in [0.4, 0.5) is 0 Å². The molecule has 0 aromatic rings. The Balaban J connectivity index is 2.24. The zero-order valence-corrected chi connectivity index (χ0v) is 11.2. The van der Waals surface area contributed by atoms with E-state index in [4.69, 9.17) is 10.8 Å². The number of hydrogen-bond acceptors (Lipinski definition) is 2. The summed E-state index contributed by atoms with van der Waals surface area (Å²) >= 11 is 0. The molecule has 2 atom stereocenters. The lowest BCUT2D eigenvalue weighted by Crippen LogP contribution is -2.45. The topological polar surface area (TPSA) is 63.3 Å². The Kier molecular flexibility index (Phi) is 5.44. The minimum atomic E-state index is -1.05. The Labute approximate surface area is 105 Å². The number of hydrogen-bond donors (Lipinski definition) is 2. The van der Waals surface area contributed by atoms with Gasteiger partial charge in [0, 0.05) is 0 Å². The molecule has 2 unspecified atom stereocenters. The van der Waals surface area contributed by atoms with Crippen molar-refractivity contribution in [1.29, 1.82) is 0 Å². The van der Waals surface area contributed by atoms with Crippen LogP contribution in [0.3, 0.4) is 0 Å². The first-order valence-electron chi connectivity index (χ1n) is 6.94. The van der Waals surface area contributed by atoms with Gasteiger partial charge in [0.1, 0.15) is 5.54 Å². The normalized spacial score (nSPS) is 23.0. The van der Waals surface area contributed by atoms with Gasteiger partial charge in [0.2, 0.25) is 0 Å². The minimum Gasteiger partial charge on any atom is -0.480 e. The highest BCUT2D eigenvalue weighted by Gasteiger charge is 2.28. The average Bonchev–Trinajstić information content (AvgIpc) is 2.28. The molecule has 0 aromatic carbocycles. The van der Waals surface area contributed by atoms with Crippen LogP contribution < -0.4 is 5.73 Å². The molecular weight excluding hydrogens is 214 g/mol. The van der Waals surface area contributed by atoms with Crippen molar-refractivity contribution in [3.63, 3.8) is 0 Å². The quantitative estimate of drug-likeness (QED) is 0.750. The van der Waals surface area contributed by atoms with Crippen LogP contribution in [-0.4, -0.2) is 16.6 Å². The predicted molar refractivity (Wildman–Crippen MR) is 69.8 cm³/mol. The van der Waals surface area contributed by atoms with E-state index in [0.29, 0.717) is 12.3 Å². The second-order valence-electron chi connectivity index (χ2n) is 6.11. The first kappa shape index (κ1) is 14.5. The Morgan fingerprint density at radius 1 is 1.41 bits per heavy atom. The lowest BCUT2D eigenvalue weighted by Gasteiger charge is -2.26. The minimum absolute atomic E-state index is 0.580. The first-order valence-corrected chi connectivity index (χ1v) is 6.94. The number of aliphatic carboxylic acids is 1. The van der Waals surface area contributed by atoms with Crippen molar-refractivity contribution in [2.75, 3.05) is 0 Å². The molecule has 0 saturated heterocycles. The molecule has 1 rings (SSSR count). The fourth-order valence-corrected chi connectivity index (χ4v) is 2.76. The van der Waals surface area contributed by atoms with E-state index in [1.807, 2.05) is 0 Å². The molecule has 0 bridgehead atoms. The lowest BCUT2D eigenvalue weighted by atomic mass is 9.81. The van der Waals surface area contributed by atoms with Crippen LogP contribution in [0.5, 0.6) is 0 Å². The Bertz CT molecular complexity index is 245. The van der Waals surface area contributed by atoms with Gasteiger partial charge < -0.3 is 10.8 Å². The molecule has 0 amide bonds. The van der Waals surface area contributed by atoms with Crippen molar-refractivity contribution >= 4 is 5.97 Å². The van der Waals surface area contributed by atoms with Gasteiger partial charge in [-0.15, -0.1) is 0 Å². The van der Waals surface area contributed by atoms with Crippen LogP contribution >= 0.6 is 0 Å². The number of rotatable bonds is 6. The van der Waals surface area contributed by atoms with E-state index >= 15 is 0 Å². The number of nitrogens with two attached hydrogens (primary N) is 1. The maximum Gasteiger partial charge on any atom is 0.323 e. The van der Waals surface area contributed by atoms with Crippen LogP contribution in [0.2, 0.25) is 0 Å². The van der Waals surface area contributed by atoms with E-state index in [1.165, 1.54) is 38.5 Å². The van der Waals surface area contributed by atoms with Gasteiger partial charge in [-0.25, -0.2) is 0 Å². The van der Waals surface area contributed by atoms with Gasteiger partial charge in [0.05, 0.1) is 0 Å². The molecule has 0 radical (unpaired) electrons. The molecule has 0 aliphatic heterocycles. The fraction of sp³-hybridized carbons (Fsp3) is 0.929. The van der Waals surface area contributed by atoms with E-state index in [2.05, 4.69) is 6.92 Å². The third kappa shape index (κ3) is 5.07.